The van der Waals surface area contributed by atoms with E-state index in [4.69, 9.17) is 4.74 Å². The number of aryl methyl sites for hydroxylation is 2. The van der Waals surface area contributed by atoms with Gasteiger partial charge in [-0.05, 0) is 80.5 Å². The fraction of sp³-hybridized carbons (Fsp3) is 0.435. The van der Waals surface area contributed by atoms with Crippen LogP contribution in [0.15, 0.2) is 35.2 Å². The first kappa shape index (κ1) is 22.3. The molecule has 1 aliphatic rings. The maximum atomic E-state index is 13.3. The van der Waals surface area contributed by atoms with Crippen LogP contribution in [0.3, 0.4) is 0 Å². The minimum absolute atomic E-state index is 0.207. The molecule has 0 unspecified atom stereocenters. The lowest BCUT2D eigenvalue weighted by atomic mass is 10.0. The topological polar surface area (TPSA) is 75.7 Å². The van der Waals surface area contributed by atoms with Crippen molar-refractivity contribution in [1.82, 2.24) is 4.31 Å². The van der Waals surface area contributed by atoms with E-state index >= 15 is 0 Å². The van der Waals surface area contributed by atoms with Crippen LogP contribution in [0.25, 0.3) is 0 Å². The molecule has 6 nitrogen and oxygen atoms in total. The monoisotopic (exact) mass is 430 g/mol. The molecule has 0 aliphatic carbocycles. The van der Waals surface area contributed by atoms with E-state index in [1.807, 2.05) is 26.0 Å². The van der Waals surface area contributed by atoms with Gasteiger partial charge in [0, 0.05) is 18.7 Å². The van der Waals surface area contributed by atoms with Crippen LogP contribution in [-0.4, -0.2) is 38.8 Å². The summed E-state index contributed by atoms with van der Waals surface area (Å²) in [6.07, 6.45) is 1.70. The zero-order valence-electron chi connectivity index (χ0n) is 18.3. The number of benzene rings is 2. The molecule has 0 aromatic heterocycles. The second-order valence-electron chi connectivity index (χ2n) is 8.16. The van der Waals surface area contributed by atoms with Gasteiger partial charge in [0.25, 0.3) is 5.91 Å². The number of methoxy groups -OCH3 is 1. The van der Waals surface area contributed by atoms with Gasteiger partial charge in [0.2, 0.25) is 10.0 Å². The van der Waals surface area contributed by atoms with Crippen LogP contribution in [0, 0.1) is 26.7 Å². The summed E-state index contributed by atoms with van der Waals surface area (Å²) >= 11 is 0. The molecule has 1 amide bonds. The van der Waals surface area contributed by atoms with Crippen LogP contribution in [0.5, 0.6) is 5.75 Å². The summed E-state index contributed by atoms with van der Waals surface area (Å²) < 4.78 is 33.5. The lowest BCUT2D eigenvalue weighted by Gasteiger charge is -2.30. The standard InChI is InChI=1S/C23H30N2O4S/c1-15-8-10-25(11-9-15)30(27,28)22-14-19(13-17(3)18(22)4)23(26)24-20-12-16(2)6-7-21(20)29-5/h6-7,12-15H,8-11H2,1-5H3,(H,24,26). The van der Waals surface area contributed by atoms with Crippen LogP contribution in [-0.2, 0) is 10.0 Å². The van der Waals surface area contributed by atoms with Gasteiger partial charge in [0.05, 0.1) is 17.7 Å². The van der Waals surface area contributed by atoms with Crippen molar-refractivity contribution in [1.29, 1.82) is 0 Å². The molecule has 1 heterocycles. The fourth-order valence-electron chi connectivity index (χ4n) is 3.70. The van der Waals surface area contributed by atoms with Crippen LogP contribution in [0.2, 0.25) is 0 Å². The summed E-state index contributed by atoms with van der Waals surface area (Å²) in [6, 6.07) is 8.73. The highest BCUT2D eigenvalue weighted by molar-refractivity contribution is 7.89. The van der Waals surface area contributed by atoms with Crippen LogP contribution in [0.1, 0.15) is 46.8 Å². The minimum Gasteiger partial charge on any atom is -0.495 e. The number of hydrogen-bond acceptors (Lipinski definition) is 4. The van der Waals surface area contributed by atoms with Gasteiger partial charge in [0.15, 0.2) is 0 Å². The normalized spacial score (nSPS) is 15.8. The second-order valence-corrected chi connectivity index (χ2v) is 10.1. The van der Waals surface area contributed by atoms with Crippen molar-refractivity contribution in [3.05, 3.63) is 52.6 Å². The Morgan fingerprint density at radius 3 is 2.40 bits per heavy atom. The molecule has 162 valence electrons. The Kier molecular flexibility index (Phi) is 6.53. The molecule has 0 radical (unpaired) electrons. The number of rotatable bonds is 5. The highest BCUT2D eigenvalue weighted by atomic mass is 32.2. The first-order chi connectivity index (χ1) is 14.1. The zero-order chi connectivity index (χ0) is 22.1. The number of amides is 1. The summed E-state index contributed by atoms with van der Waals surface area (Å²) in [5.41, 5.74) is 3.29. The first-order valence-corrected chi connectivity index (χ1v) is 11.6. The number of piperidine rings is 1. The average Bonchev–Trinajstić information content (AvgIpc) is 2.70. The van der Waals surface area contributed by atoms with Gasteiger partial charge in [-0.3, -0.25) is 4.79 Å². The van der Waals surface area contributed by atoms with Gasteiger partial charge >= 0.3 is 0 Å². The van der Waals surface area contributed by atoms with Crippen LogP contribution >= 0.6 is 0 Å². The smallest absolute Gasteiger partial charge is 0.255 e. The Morgan fingerprint density at radius 2 is 1.77 bits per heavy atom. The SMILES string of the molecule is COc1ccc(C)cc1NC(=O)c1cc(C)c(C)c(S(=O)(=O)N2CCC(C)CC2)c1. The number of hydrogen-bond donors (Lipinski definition) is 1. The largest absolute Gasteiger partial charge is 0.495 e. The Morgan fingerprint density at radius 1 is 1.10 bits per heavy atom. The molecule has 0 spiro atoms. The van der Waals surface area contributed by atoms with E-state index in [1.165, 1.54) is 6.07 Å². The molecule has 0 bridgehead atoms. The Balaban J connectivity index is 1.95. The third-order valence-electron chi connectivity index (χ3n) is 5.85. The van der Waals surface area contributed by atoms with E-state index in [2.05, 4.69) is 12.2 Å². The summed E-state index contributed by atoms with van der Waals surface area (Å²) in [5.74, 6) is 0.708. The van der Waals surface area contributed by atoms with Crippen molar-refractivity contribution in [2.75, 3.05) is 25.5 Å². The molecule has 2 aromatic rings. The zero-order valence-corrected chi connectivity index (χ0v) is 19.1. The highest BCUT2D eigenvalue weighted by Gasteiger charge is 2.30. The van der Waals surface area contributed by atoms with Crippen molar-refractivity contribution in [2.45, 2.75) is 45.4 Å². The van der Waals surface area contributed by atoms with Gasteiger partial charge in [-0.1, -0.05) is 13.0 Å². The fourth-order valence-corrected chi connectivity index (χ4v) is 5.50. The van der Waals surface area contributed by atoms with E-state index in [0.29, 0.717) is 41.6 Å². The number of carbonyl (C=O) groups is 1. The average molecular weight is 431 g/mol. The number of carbonyl (C=O) groups excluding carboxylic acids is 1. The van der Waals surface area contributed by atoms with Gasteiger partial charge in [-0.25, -0.2) is 8.42 Å². The van der Waals surface area contributed by atoms with Gasteiger partial charge in [-0.15, -0.1) is 0 Å². The molecule has 2 aromatic carbocycles. The molecular formula is C23H30N2O4S. The maximum Gasteiger partial charge on any atom is 0.255 e. The molecule has 1 saturated heterocycles. The molecule has 0 atom stereocenters. The van der Waals surface area contributed by atoms with Gasteiger partial charge in [-0.2, -0.15) is 4.31 Å². The molecule has 7 heteroatoms. The lowest BCUT2D eigenvalue weighted by Crippen LogP contribution is -2.38. The highest BCUT2D eigenvalue weighted by Crippen LogP contribution is 2.29. The Bertz CT molecular complexity index is 1060. The molecule has 1 aliphatic heterocycles. The third-order valence-corrected chi connectivity index (χ3v) is 7.87. The predicted octanol–water partition coefficient (Wildman–Crippen LogP) is 4.29. The van der Waals surface area contributed by atoms with Crippen LogP contribution in [0.4, 0.5) is 5.69 Å². The molecule has 3 rings (SSSR count). The predicted molar refractivity (Wildman–Crippen MR) is 119 cm³/mol. The van der Waals surface area contributed by atoms with E-state index in [-0.39, 0.29) is 10.8 Å². The first-order valence-electron chi connectivity index (χ1n) is 10.2. The van der Waals surface area contributed by atoms with E-state index in [0.717, 1.165) is 24.0 Å². The Labute approximate surface area is 179 Å². The number of nitrogens with zero attached hydrogens (tertiary/aromatic N) is 1. The number of nitrogens with one attached hydrogen (secondary N) is 1. The van der Waals surface area contributed by atoms with Crippen molar-refractivity contribution in [2.24, 2.45) is 5.92 Å². The number of anilines is 1. The maximum absolute atomic E-state index is 13.3. The summed E-state index contributed by atoms with van der Waals surface area (Å²) in [7, 11) is -2.12. The molecular weight excluding hydrogens is 400 g/mol. The number of sulfonamides is 1. The molecule has 0 saturated carbocycles. The van der Waals surface area contributed by atoms with E-state index < -0.39 is 10.0 Å². The van der Waals surface area contributed by atoms with Gasteiger partial charge in [0.1, 0.15) is 5.75 Å². The molecule has 1 fully saturated rings. The second kappa shape index (κ2) is 8.78. The van der Waals surface area contributed by atoms with E-state index in [9.17, 15) is 13.2 Å². The van der Waals surface area contributed by atoms with Crippen LogP contribution < -0.4 is 10.1 Å². The van der Waals surface area contributed by atoms with Crippen molar-refractivity contribution in [3.8, 4) is 5.75 Å². The minimum atomic E-state index is -3.66. The lowest BCUT2D eigenvalue weighted by molar-refractivity contribution is 0.102. The molecule has 30 heavy (non-hydrogen) atoms. The third kappa shape index (κ3) is 4.52. The summed E-state index contributed by atoms with van der Waals surface area (Å²) in [5, 5.41) is 2.86. The summed E-state index contributed by atoms with van der Waals surface area (Å²) in [4.78, 5) is 13.2. The van der Waals surface area contributed by atoms with Gasteiger partial charge < -0.3 is 10.1 Å². The van der Waals surface area contributed by atoms with E-state index in [1.54, 1.807) is 30.5 Å². The quantitative estimate of drug-likeness (QED) is 0.768. The summed E-state index contributed by atoms with van der Waals surface area (Å²) in [6.45, 7) is 8.72. The molecule has 1 N–H and O–H groups in total. The Hall–Kier alpha value is -2.38. The van der Waals surface area contributed by atoms with Crippen molar-refractivity contribution < 1.29 is 17.9 Å². The number of ether oxygens (including phenoxy) is 1. The van der Waals surface area contributed by atoms with Crippen molar-refractivity contribution >= 4 is 21.6 Å². The van der Waals surface area contributed by atoms with Crippen molar-refractivity contribution in [3.63, 3.8) is 0 Å².